The first-order valence-corrected chi connectivity index (χ1v) is 9.41. The Morgan fingerprint density at radius 1 is 1.20 bits per heavy atom. The highest BCUT2D eigenvalue weighted by Crippen LogP contribution is 2.26. The fraction of sp³-hybridized carbons (Fsp3) is 1.00. The lowest BCUT2D eigenvalue weighted by Crippen LogP contribution is -2.36. The zero-order chi connectivity index (χ0) is 14.2. The van der Waals surface area contributed by atoms with Crippen LogP contribution in [-0.2, 0) is 4.74 Å². The standard InChI is InChI=1S/C16H31NO2S/c1-13-5-7-15(8-6-13)19-12-14(18)10-17-11-16-4-2-3-9-20-16/h13-18H,2-12H2,1H3. The molecule has 2 aliphatic rings. The summed E-state index contributed by atoms with van der Waals surface area (Å²) in [4.78, 5) is 0. The van der Waals surface area contributed by atoms with E-state index in [0.717, 1.165) is 17.7 Å². The minimum atomic E-state index is -0.358. The van der Waals surface area contributed by atoms with E-state index in [1.165, 1.54) is 50.7 Å². The van der Waals surface area contributed by atoms with Crippen LogP contribution in [0.2, 0.25) is 0 Å². The third kappa shape index (κ3) is 6.33. The molecule has 2 fully saturated rings. The summed E-state index contributed by atoms with van der Waals surface area (Å²) < 4.78 is 5.84. The SMILES string of the molecule is CC1CCC(OCC(O)CNCC2CCCCS2)CC1. The second-order valence-electron chi connectivity index (χ2n) is 6.52. The highest BCUT2D eigenvalue weighted by Gasteiger charge is 2.19. The normalized spacial score (nSPS) is 33.0. The van der Waals surface area contributed by atoms with E-state index in [0.29, 0.717) is 19.3 Å². The van der Waals surface area contributed by atoms with Crippen molar-refractivity contribution >= 4 is 11.8 Å². The Bertz CT molecular complexity index is 251. The Morgan fingerprint density at radius 2 is 2.00 bits per heavy atom. The summed E-state index contributed by atoms with van der Waals surface area (Å²) in [6.45, 7) is 4.50. The summed E-state index contributed by atoms with van der Waals surface area (Å²) in [5.74, 6) is 2.16. The van der Waals surface area contributed by atoms with Crippen LogP contribution >= 0.6 is 11.8 Å². The molecule has 3 nitrogen and oxygen atoms in total. The lowest BCUT2D eigenvalue weighted by Gasteiger charge is -2.27. The molecule has 1 saturated heterocycles. The molecule has 0 spiro atoms. The maximum atomic E-state index is 9.97. The number of aliphatic hydroxyl groups is 1. The summed E-state index contributed by atoms with van der Waals surface area (Å²) >= 11 is 2.08. The second-order valence-corrected chi connectivity index (χ2v) is 7.92. The van der Waals surface area contributed by atoms with Gasteiger partial charge in [0.1, 0.15) is 0 Å². The van der Waals surface area contributed by atoms with Crippen LogP contribution in [0.4, 0.5) is 0 Å². The van der Waals surface area contributed by atoms with Gasteiger partial charge < -0.3 is 15.2 Å². The fourth-order valence-corrected chi connectivity index (χ4v) is 4.35. The van der Waals surface area contributed by atoms with Crippen molar-refractivity contribution in [2.75, 3.05) is 25.4 Å². The van der Waals surface area contributed by atoms with Gasteiger partial charge in [0.15, 0.2) is 0 Å². The molecule has 0 radical (unpaired) electrons. The molecule has 118 valence electrons. The first kappa shape index (κ1) is 16.6. The Hall–Kier alpha value is 0.230. The summed E-state index contributed by atoms with van der Waals surface area (Å²) in [5.41, 5.74) is 0. The smallest absolute Gasteiger partial charge is 0.0897 e. The second kappa shape index (κ2) is 9.29. The van der Waals surface area contributed by atoms with Crippen LogP contribution in [0.1, 0.15) is 51.9 Å². The van der Waals surface area contributed by atoms with Crippen LogP contribution in [-0.4, -0.2) is 48.0 Å². The molecule has 1 saturated carbocycles. The van der Waals surface area contributed by atoms with Crippen molar-refractivity contribution in [1.29, 1.82) is 0 Å². The average Bonchev–Trinajstić information content (AvgIpc) is 2.48. The van der Waals surface area contributed by atoms with Crippen LogP contribution < -0.4 is 5.32 Å². The number of hydrogen-bond acceptors (Lipinski definition) is 4. The van der Waals surface area contributed by atoms with Gasteiger partial charge in [-0.25, -0.2) is 0 Å². The Morgan fingerprint density at radius 3 is 2.70 bits per heavy atom. The van der Waals surface area contributed by atoms with Crippen molar-refractivity contribution in [2.24, 2.45) is 5.92 Å². The predicted molar refractivity (Wildman–Crippen MR) is 86.3 cm³/mol. The molecule has 0 aromatic carbocycles. The van der Waals surface area contributed by atoms with E-state index in [-0.39, 0.29) is 6.10 Å². The van der Waals surface area contributed by atoms with E-state index < -0.39 is 0 Å². The van der Waals surface area contributed by atoms with E-state index in [2.05, 4.69) is 24.0 Å². The zero-order valence-corrected chi connectivity index (χ0v) is 13.7. The number of hydrogen-bond donors (Lipinski definition) is 2. The molecular formula is C16H31NO2S. The van der Waals surface area contributed by atoms with E-state index in [1.807, 2.05) is 0 Å². The highest BCUT2D eigenvalue weighted by molar-refractivity contribution is 7.99. The van der Waals surface area contributed by atoms with Gasteiger partial charge >= 0.3 is 0 Å². The minimum Gasteiger partial charge on any atom is -0.389 e. The van der Waals surface area contributed by atoms with Gasteiger partial charge in [0.05, 0.1) is 18.8 Å². The Balaban J connectivity index is 1.48. The zero-order valence-electron chi connectivity index (χ0n) is 12.9. The Kier molecular flexibility index (Phi) is 7.71. The maximum Gasteiger partial charge on any atom is 0.0897 e. The number of thioether (sulfide) groups is 1. The van der Waals surface area contributed by atoms with Crippen LogP contribution in [0, 0.1) is 5.92 Å². The molecule has 1 aliphatic carbocycles. The first-order chi connectivity index (χ1) is 9.74. The molecule has 20 heavy (non-hydrogen) atoms. The molecule has 0 amide bonds. The van der Waals surface area contributed by atoms with Gasteiger partial charge in [-0.15, -0.1) is 0 Å². The number of rotatable bonds is 7. The van der Waals surface area contributed by atoms with Gasteiger partial charge in [-0.3, -0.25) is 0 Å². The molecule has 2 unspecified atom stereocenters. The van der Waals surface area contributed by atoms with Gasteiger partial charge in [-0.05, 0) is 50.2 Å². The van der Waals surface area contributed by atoms with Crippen LogP contribution in [0.15, 0.2) is 0 Å². The molecule has 2 atom stereocenters. The van der Waals surface area contributed by atoms with E-state index in [1.54, 1.807) is 0 Å². The lowest BCUT2D eigenvalue weighted by atomic mass is 9.89. The predicted octanol–water partition coefficient (Wildman–Crippen LogP) is 2.82. The average molecular weight is 301 g/mol. The Labute approximate surface area is 128 Å². The van der Waals surface area contributed by atoms with Crippen LogP contribution in [0.3, 0.4) is 0 Å². The molecule has 0 aromatic heterocycles. The van der Waals surface area contributed by atoms with Gasteiger partial charge in [-0.1, -0.05) is 13.3 Å². The van der Waals surface area contributed by atoms with Gasteiger partial charge in [0.25, 0.3) is 0 Å². The van der Waals surface area contributed by atoms with Gasteiger partial charge in [0.2, 0.25) is 0 Å². The number of ether oxygens (including phenoxy) is 1. The lowest BCUT2D eigenvalue weighted by molar-refractivity contribution is -0.0277. The van der Waals surface area contributed by atoms with Crippen molar-refractivity contribution in [3.8, 4) is 0 Å². The van der Waals surface area contributed by atoms with Crippen molar-refractivity contribution in [3.63, 3.8) is 0 Å². The third-order valence-corrected chi connectivity index (χ3v) is 5.91. The van der Waals surface area contributed by atoms with Crippen LogP contribution in [0.25, 0.3) is 0 Å². The molecule has 1 aliphatic heterocycles. The van der Waals surface area contributed by atoms with E-state index in [9.17, 15) is 5.11 Å². The molecular weight excluding hydrogens is 270 g/mol. The number of aliphatic hydroxyl groups excluding tert-OH is 1. The van der Waals surface area contributed by atoms with Gasteiger partial charge in [0, 0.05) is 18.3 Å². The summed E-state index contributed by atoms with van der Waals surface area (Å²) in [5, 5.41) is 14.1. The monoisotopic (exact) mass is 301 g/mol. The molecule has 0 bridgehead atoms. The largest absolute Gasteiger partial charge is 0.389 e. The van der Waals surface area contributed by atoms with Crippen molar-refractivity contribution in [2.45, 2.75) is 69.3 Å². The maximum absolute atomic E-state index is 9.97. The van der Waals surface area contributed by atoms with Gasteiger partial charge in [-0.2, -0.15) is 11.8 Å². The topological polar surface area (TPSA) is 41.5 Å². The van der Waals surface area contributed by atoms with E-state index >= 15 is 0 Å². The van der Waals surface area contributed by atoms with Crippen molar-refractivity contribution < 1.29 is 9.84 Å². The molecule has 4 heteroatoms. The third-order valence-electron chi connectivity index (χ3n) is 4.51. The molecule has 0 aromatic rings. The summed E-state index contributed by atoms with van der Waals surface area (Å²) in [6, 6.07) is 0. The fourth-order valence-electron chi connectivity index (χ4n) is 3.08. The molecule has 2 rings (SSSR count). The summed E-state index contributed by atoms with van der Waals surface area (Å²) in [7, 11) is 0. The molecule has 2 N–H and O–H groups in total. The first-order valence-electron chi connectivity index (χ1n) is 8.36. The van der Waals surface area contributed by atoms with E-state index in [4.69, 9.17) is 4.74 Å². The quantitative estimate of drug-likeness (QED) is 0.759. The van der Waals surface area contributed by atoms with Crippen molar-refractivity contribution in [1.82, 2.24) is 5.32 Å². The highest BCUT2D eigenvalue weighted by atomic mass is 32.2. The van der Waals surface area contributed by atoms with Crippen LogP contribution in [0.5, 0.6) is 0 Å². The number of nitrogens with one attached hydrogen (secondary N) is 1. The molecule has 1 heterocycles. The minimum absolute atomic E-state index is 0.358. The summed E-state index contributed by atoms with van der Waals surface area (Å²) in [6.07, 6.45) is 8.97. The van der Waals surface area contributed by atoms with Crippen molar-refractivity contribution in [3.05, 3.63) is 0 Å².